The van der Waals surface area contributed by atoms with Crippen molar-refractivity contribution >= 4 is 56.7 Å². The van der Waals surface area contributed by atoms with Gasteiger partial charge in [0.25, 0.3) is 5.91 Å². The van der Waals surface area contributed by atoms with Gasteiger partial charge in [0.2, 0.25) is 15.9 Å². The van der Waals surface area contributed by atoms with Crippen molar-refractivity contribution in [2.75, 3.05) is 31.6 Å². The fourth-order valence-electron chi connectivity index (χ4n) is 5.97. The van der Waals surface area contributed by atoms with Gasteiger partial charge < -0.3 is 15.4 Å². The van der Waals surface area contributed by atoms with Crippen LogP contribution < -0.4 is 10.6 Å². The summed E-state index contributed by atoms with van der Waals surface area (Å²) in [6.07, 6.45) is 1.92. The molecule has 49 heavy (non-hydrogen) atoms. The van der Waals surface area contributed by atoms with Crippen LogP contribution in [0.1, 0.15) is 41.3 Å². The zero-order chi connectivity index (χ0) is 35.3. The standard InChI is InChI=1S/C33H33Cl2FN6O6S/c1-2-48-33(45)28(13-20-6-8-23(9-7-20)39-32(44)30-26(34)16-38-17-27(30)35)40-31(43)29-14-24(41-11-10-22(36)18-41)19-42(29)49(46,47)25-5-3-4-21(12-25)15-37/h3-9,12,16-17,22,24,28-29H,2,10-11,13-14,18-19H2,1H3,(H,39,44)(H,40,43)/t22-,24-,28+,29+/m1/s1. The van der Waals surface area contributed by atoms with Crippen molar-refractivity contribution in [1.82, 2.24) is 19.5 Å². The largest absolute Gasteiger partial charge is 0.464 e. The van der Waals surface area contributed by atoms with E-state index in [1.807, 2.05) is 11.0 Å². The molecule has 2 fully saturated rings. The number of carbonyl (C=O) groups excluding carboxylic acids is 3. The molecule has 2 aliphatic heterocycles. The third-order valence-electron chi connectivity index (χ3n) is 8.40. The molecule has 0 spiro atoms. The number of esters is 1. The Balaban J connectivity index is 1.35. The summed E-state index contributed by atoms with van der Waals surface area (Å²) in [6, 6.07) is 11.1. The van der Waals surface area contributed by atoms with E-state index in [2.05, 4.69) is 15.6 Å². The Labute approximate surface area is 293 Å². The number of nitriles is 1. The second-order valence-corrected chi connectivity index (χ2v) is 14.4. The average molecular weight is 732 g/mol. The lowest BCUT2D eigenvalue weighted by atomic mass is 10.0. The number of rotatable bonds is 11. The monoisotopic (exact) mass is 730 g/mol. The van der Waals surface area contributed by atoms with Crippen molar-refractivity contribution in [3.63, 3.8) is 0 Å². The van der Waals surface area contributed by atoms with Crippen molar-refractivity contribution in [2.24, 2.45) is 0 Å². The third-order valence-corrected chi connectivity index (χ3v) is 10.8. The van der Waals surface area contributed by atoms with Gasteiger partial charge in [-0.1, -0.05) is 41.4 Å². The number of pyridine rings is 1. The van der Waals surface area contributed by atoms with E-state index in [1.54, 1.807) is 31.2 Å². The van der Waals surface area contributed by atoms with Crippen LogP contribution >= 0.6 is 23.2 Å². The predicted molar refractivity (Wildman–Crippen MR) is 179 cm³/mol. The molecule has 12 nitrogen and oxygen atoms in total. The molecule has 16 heteroatoms. The first-order valence-electron chi connectivity index (χ1n) is 15.5. The Kier molecular flexibility index (Phi) is 11.5. The number of benzene rings is 2. The smallest absolute Gasteiger partial charge is 0.328 e. The molecule has 0 radical (unpaired) electrons. The van der Waals surface area contributed by atoms with Crippen LogP contribution in [0.2, 0.25) is 10.0 Å². The molecule has 0 saturated carbocycles. The van der Waals surface area contributed by atoms with Crippen molar-refractivity contribution in [2.45, 2.75) is 55.4 Å². The van der Waals surface area contributed by atoms with E-state index in [1.165, 1.54) is 36.7 Å². The number of likely N-dealkylation sites (tertiary alicyclic amines) is 1. The molecule has 2 aliphatic rings. The van der Waals surface area contributed by atoms with E-state index in [-0.39, 0.29) is 58.6 Å². The minimum Gasteiger partial charge on any atom is -0.464 e. The number of amides is 2. The summed E-state index contributed by atoms with van der Waals surface area (Å²) in [4.78, 5) is 45.3. The normalized spacial score (nSPS) is 20.3. The fourth-order valence-corrected chi connectivity index (χ4v) is 8.19. The maximum Gasteiger partial charge on any atom is 0.328 e. The van der Waals surface area contributed by atoms with Crippen LogP contribution in [0.25, 0.3) is 0 Å². The molecule has 3 aromatic rings. The van der Waals surface area contributed by atoms with Gasteiger partial charge in [-0.05, 0) is 55.7 Å². The van der Waals surface area contributed by atoms with Gasteiger partial charge in [0.1, 0.15) is 18.3 Å². The van der Waals surface area contributed by atoms with Gasteiger partial charge in [0.05, 0.1) is 38.7 Å². The average Bonchev–Trinajstić information content (AvgIpc) is 3.73. The molecule has 1 aromatic heterocycles. The number of hydrogen-bond donors (Lipinski definition) is 2. The van der Waals surface area contributed by atoms with Crippen LogP contribution in [-0.2, 0) is 30.8 Å². The van der Waals surface area contributed by atoms with Gasteiger partial charge >= 0.3 is 5.97 Å². The Morgan fingerprint density at radius 3 is 2.47 bits per heavy atom. The number of aromatic nitrogens is 1. The molecule has 0 aliphatic carbocycles. The highest BCUT2D eigenvalue weighted by atomic mass is 35.5. The Morgan fingerprint density at radius 1 is 1.12 bits per heavy atom. The first-order valence-corrected chi connectivity index (χ1v) is 17.7. The molecule has 0 unspecified atom stereocenters. The second-order valence-electron chi connectivity index (χ2n) is 11.6. The number of halogens is 3. The summed E-state index contributed by atoms with van der Waals surface area (Å²) in [5.74, 6) is -1.99. The summed E-state index contributed by atoms with van der Waals surface area (Å²) in [5.41, 5.74) is 1.20. The van der Waals surface area contributed by atoms with Gasteiger partial charge in [-0.25, -0.2) is 17.6 Å². The molecule has 258 valence electrons. The minimum absolute atomic E-state index is 0.0103. The number of ether oxygens (including phenoxy) is 1. The summed E-state index contributed by atoms with van der Waals surface area (Å²) in [5, 5.41) is 14.9. The van der Waals surface area contributed by atoms with Crippen LogP contribution in [0.4, 0.5) is 10.1 Å². The lowest BCUT2D eigenvalue weighted by molar-refractivity contribution is -0.147. The zero-order valence-electron chi connectivity index (χ0n) is 26.3. The molecule has 3 heterocycles. The predicted octanol–water partition coefficient (Wildman–Crippen LogP) is 3.98. The van der Waals surface area contributed by atoms with Gasteiger partial charge in [0, 0.05) is 50.2 Å². The summed E-state index contributed by atoms with van der Waals surface area (Å²) in [7, 11) is -4.28. The van der Waals surface area contributed by atoms with Gasteiger partial charge in [-0.2, -0.15) is 9.57 Å². The minimum atomic E-state index is -4.28. The van der Waals surface area contributed by atoms with Crippen LogP contribution in [0.5, 0.6) is 0 Å². The van der Waals surface area contributed by atoms with E-state index in [0.29, 0.717) is 24.2 Å². The first kappa shape index (κ1) is 36.2. The summed E-state index contributed by atoms with van der Waals surface area (Å²) >= 11 is 12.2. The Hall–Kier alpha value is -4.13. The van der Waals surface area contributed by atoms with E-state index in [4.69, 9.17) is 27.9 Å². The van der Waals surface area contributed by atoms with Crippen LogP contribution in [0, 0.1) is 11.3 Å². The maximum absolute atomic E-state index is 14.1. The van der Waals surface area contributed by atoms with Gasteiger partial charge in [-0.3, -0.25) is 19.5 Å². The zero-order valence-corrected chi connectivity index (χ0v) is 28.6. The number of nitrogens with one attached hydrogen (secondary N) is 2. The molecule has 2 saturated heterocycles. The highest BCUT2D eigenvalue weighted by Gasteiger charge is 2.47. The quantitative estimate of drug-likeness (QED) is 0.278. The second kappa shape index (κ2) is 15.6. The number of alkyl halides is 1. The number of sulfonamides is 1. The Bertz CT molecular complexity index is 1860. The van der Waals surface area contributed by atoms with E-state index in [0.717, 1.165) is 4.31 Å². The van der Waals surface area contributed by atoms with Crippen LogP contribution in [-0.4, -0.2) is 90.9 Å². The molecule has 5 rings (SSSR count). The molecule has 0 bridgehead atoms. The number of carbonyl (C=O) groups is 3. The number of anilines is 1. The third kappa shape index (κ3) is 8.37. The first-order chi connectivity index (χ1) is 23.4. The lowest BCUT2D eigenvalue weighted by Crippen LogP contribution is -2.51. The lowest BCUT2D eigenvalue weighted by Gasteiger charge is -2.25. The number of hydrogen-bond acceptors (Lipinski definition) is 9. The van der Waals surface area contributed by atoms with Gasteiger partial charge in [0.15, 0.2) is 0 Å². The van der Waals surface area contributed by atoms with E-state index in [9.17, 15) is 32.5 Å². The van der Waals surface area contributed by atoms with Crippen molar-refractivity contribution < 1.29 is 31.9 Å². The molecule has 2 aromatic carbocycles. The fraction of sp³-hybridized carbons (Fsp3) is 0.364. The summed E-state index contributed by atoms with van der Waals surface area (Å²) < 4.78 is 48.2. The topological polar surface area (TPSA) is 162 Å². The molecule has 2 N–H and O–H groups in total. The van der Waals surface area contributed by atoms with E-state index < -0.39 is 52.1 Å². The van der Waals surface area contributed by atoms with Crippen LogP contribution in [0.3, 0.4) is 0 Å². The highest BCUT2D eigenvalue weighted by Crippen LogP contribution is 2.32. The van der Waals surface area contributed by atoms with Crippen molar-refractivity contribution in [3.05, 3.63) is 87.7 Å². The molecule has 2 amide bonds. The van der Waals surface area contributed by atoms with Crippen molar-refractivity contribution in [1.29, 1.82) is 5.26 Å². The number of nitrogens with zero attached hydrogens (tertiary/aromatic N) is 4. The Morgan fingerprint density at radius 2 is 1.84 bits per heavy atom. The van der Waals surface area contributed by atoms with Crippen molar-refractivity contribution in [3.8, 4) is 6.07 Å². The molecular formula is C33H33Cl2FN6O6S. The van der Waals surface area contributed by atoms with Gasteiger partial charge in [-0.15, -0.1) is 0 Å². The highest BCUT2D eigenvalue weighted by molar-refractivity contribution is 7.89. The molecular weight excluding hydrogens is 698 g/mol. The van der Waals surface area contributed by atoms with E-state index >= 15 is 0 Å². The molecule has 4 atom stereocenters. The maximum atomic E-state index is 14.1. The summed E-state index contributed by atoms with van der Waals surface area (Å²) in [6.45, 7) is 2.13. The van der Waals surface area contributed by atoms with Crippen LogP contribution in [0.15, 0.2) is 65.8 Å². The SMILES string of the molecule is CCOC(=O)[C@H](Cc1ccc(NC(=O)c2c(Cl)cncc2Cl)cc1)NC(=O)[C@@H]1C[C@@H](N2CC[C@@H](F)C2)CN1S(=O)(=O)c1cccc(C#N)c1.